The topological polar surface area (TPSA) is 0 Å². The molecule has 0 amide bonds. The lowest BCUT2D eigenvalue weighted by Crippen LogP contribution is -2.16. The smallest absolute Gasteiger partial charge is 0.0551 e. The van der Waals surface area contributed by atoms with Crippen LogP contribution in [-0.4, -0.2) is 8.13 Å². The van der Waals surface area contributed by atoms with Crippen molar-refractivity contribution in [3.05, 3.63) is 0 Å². The SMILES string of the molecule is CC(C)(Br)P(Cl)C(C)(C)Br. The van der Waals surface area contributed by atoms with Crippen molar-refractivity contribution in [2.24, 2.45) is 0 Å². The second kappa shape index (κ2) is 3.60. The summed E-state index contributed by atoms with van der Waals surface area (Å²) >= 11 is 13.3. The summed E-state index contributed by atoms with van der Waals surface area (Å²) in [5.41, 5.74) is 0. The summed E-state index contributed by atoms with van der Waals surface area (Å²) in [7, 11) is -0.557. The van der Waals surface area contributed by atoms with Gasteiger partial charge in [-0.25, -0.2) is 0 Å². The maximum absolute atomic E-state index is 6.20. The van der Waals surface area contributed by atoms with Crippen molar-refractivity contribution in [3.8, 4) is 0 Å². The van der Waals surface area contributed by atoms with Gasteiger partial charge in [0.15, 0.2) is 0 Å². The summed E-state index contributed by atoms with van der Waals surface area (Å²) in [5, 5.41) is 0. The molecule has 0 saturated heterocycles. The maximum atomic E-state index is 6.20. The Bertz CT molecular complexity index is 99.9. The van der Waals surface area contributed by atoms with Crippen LogP contribution < -0.4 is 0 Å². The van der Waals surface area contributed by atoms with E-state index in [1.54, 1.807) is 0 Å². The molecule has 62 valence electrons. The summed E-state index contributed by atoms with van der Waals surface area (Å²) in [5.74, 6) is 0. The third-order valence-electron chi connectivity index (χ3n) is 0.934. The van der Waals surface area contributed by atoms with Crippen molar-refractivity contribution in [1.29, 1.82) is 0 Å². The molecular weight excluding hydrogens is 298 g/mol. The Morgan fingerprint density at radius 3 is 1.20 bits per heavy atom. The molecule has 0 heterocycles. The Kier molecular flexibility index (Phi) is 4.20. The van der Waals surface area contributed by atoms with E-state index in [1.807, 2.05) is 0 Å². The summed E-state index contributed by atoms with van der Waals surface area (Å²) in [6, 6.07) is 0. The molecule has 0 aliphatic carbocycles. The van der Waals surface area contributed by atoms with E-state index in [0.717, 1.165) is 0 Å². The second-order valence-corrected chi connectivity index (χ2v) is 12.1. The number of alkyl halides is 2. The molecule has 4 heteroatoms. The Balaban J connectivity index is 4.23. The lowest BCUT2D eigenvalue weighted by Gasteiger charge is -2.32. The zero-order valence-electron chi connectivity index (χ0n) is 6.58. The molecule has 0 aliphatic heterocycles. The highest BCUT2D eigenvalue weighted by Crippen LogP contribution is 2.67. The van der Waals surface area contributed by atoms with Crippen LogP contribution in [0.5, 0.6) is 0 Å². The van der Waals surface area contributed by atoms with Crippen molar-refractivity contribution in [3.63, 3.8) is 0 Å². The van der Waals surface area contributed by atoms with Gasteiger partial charge >= 0.3 is 0 Å². The van der Waals surface area contributed by atoms with Gasteiger partial charge in [0.1, 0.15) is 0 Å². The molecule has 0 saturated carbocycles. The average Bonchev–Trinajstić information content (AvgIpc) is 1.59. The maximum Gasteiger partial charge on any atom is 0.0551 e. The molecule has 0 bridgehead atoms. The minimum absolute atomic E-state index is 0.0386. The number of halogens is 3. The molecule has 0 aromatic rings. The fourth-order valence-corrected chi connectivity index (χ4v) is 5.27. The quantitative estimate of drug-likeness (QED) is 0.503. The lowest BCUT2D eigenvalue weighted by atomic mass is 10.5. The predicted molar refractivity (Wildman–Crippen MR) is 58.8 cm³/mol. The van der Waals surface area contributed by atoms with Crippen LogP contribution in [0.25, 0.3) is 0 Å². The normalized spacial score (nSPS) is 14.4. The molecule has 10 heavy (non-hydrogen) atoms. The van der Waals surface area contributed by atoms with Crippen molar-refractivity contribution in [2.75, 3.05) is 0 Å². The molecule has 0 aromatic heterocycles. The molecular formula is C6H12Br2ClP. The summed E-state index contributed by atoms with van der Waals surface area (Å²) in [6.07, 6.45) is 0. The zero-order chi connectivity index (χ0) is 8.58. The van der Waals surface area contributed by atoms with Gasteiger partial charge in [-0.05, 0) is 27.7 Å². The van der Waals surface area contributed by atoms with Gasteiger partial charge in [0.05, 0.1) is 8.13 Å². The molecule has 0 rings (SSSR count). The van der Waals surface area contributed by atoms with Gasteiger partial charge in [0, 0.05) is 7.27 Å². The molecule has 0 N–H and O–H groups in total. The molecule has 0 fully saturated rings. The van der Waals surface area contributed by atoms with E-state index in [4.69, 9.17) is 11.2 Å². The van der Waals surface area contributed by atoms with Gasteiger partial charge in [0.2, 0.25) is 0 Å². The summed E-state index contributed by atoms with van der Waals surface area (Å²) in [6.45, 7) is 8.37. The molecule has 0 spiro atoms. The fraction of sp³-hybridized carbons (Fsp3) is 1.00. The van der Waals surface area contributed by atoms with Crippen molar-refractivity contribution in [2.45, 2.75) is 35.8 Å². The highest BCUT2D eigenvalue weighted by molar-refractivity contribution is 9.13. The van der Waals surface area contributed by atoms with Crippen LogP contribution in [-0.2, 0) is 0 Å². The van der Waals surface area contributed by atoms with Crippen molar-refractivity contribution < 1.29 is 0 Å². The van der Waals surface area contributed by atoms with Crippen molar-refractivity contribution in [1.82, 2.24) is 0 Å². The highest BCUT2D eigenvalue weighted by atomic mass is 79.9. The van der Waals surface area contributed by atoms with Crippen LogP contribution in [0.4, 0.5) is 0 Å². The first-order valence-corrected chi connectivity index (χ1v) is 6.83. The van der Waals surface area contributed by atoms with Crippen molar-refractivity contribution >= 4 is 50.4 Å². The van der Waals surface area contributed by atoms with Gasteiger partial charge in [-0.1, -0.05) is 43.1 Å². The summed E-state index contributed by atoms with van der Waals surface area (Å²) < 4.78 is 0.0772. The lowest BCUT2D eigenvalue weighted by molar-refractivity contribution is 0.962. The van der Waals surface area contributed by atoms with Crippen LogP contribution in [0, 0.1) is 0 Å². The molecule has 0 atom stereocenters. The molecule has 0 aromatic carbocycles. The minimum Gasteiger partial charge on any atom is -0.0935 e. The minimum atomic E-state index is -0.557. The monoisotopic (exact) mass is 308 g/mol. The van der Waals surface area contributed by atoms with Gasteiger partial charge in [-0.15, -0.1) is 0 Å². The number of rotatable bonds is 2. The largest absolute Gasteiger partial charge is 0.0935 e. The van der Waals surface area contributed by atoms with E-state index in [9.17, 15) is 0 Å². The average molecular weight is 310 g/mol. The van der Waals surface area contributed by atoms with Gasteiger partial charge in [-0.3, -0.25) is 0 Å². The molecule has 0 aliphatic rings. The first kappa shape index (κ1) is 11.7. The molecule has 0 nitrogen and oxygen atoms in total. The van der Waals surface area contributed by atoms with Crippen LogP contribution in [0.15, 0.2) is 0 Å². The second-order valence-electron chi connectivity index (χ2n) is 3.10. The van der Waals surface area contributed by atoms with Gasteiger partial charge in [0.25, 0.3) is 0 Å². The van der Waals surface area contributed by atoms with E-state index in [2.05, 4.69) is 59.6 Å². The standard InChI is InChI=1S/C6H12Br2ClP/c1-5(2,7)10(9)6(3,4)8/h1-4H3. The highest BCUT2D eigenvalue weighted by Gasteiger charge is 2.35. The van der Waals surface area contributed by atoms with Crippen LogP contribution in [0.2, 0.25) is 0 Å². The Morgan fingerprint density at radius 2 is 1.20 bits per heavy atom. The Morgan fingerprint density at radius 1 is 1.00 bits per heavy atom. The van der Waals surface area contributed by atoms with E-state index in [1.165, 1.54) is 0 Å². The Hall–Kier alpha value is 1.68. The van der Waals surface area contributed by atoms with E-state index in [-0.39, 0.29) is 8.13 Å². The Labute approximate surface area is 85.9 Å². The van der Waals surface area contributed by atoms with E-state index in [0.29, 0.717) is 0 Å². The first-order valence-electron chi connectivity index (χ1n) is 2.99. The zero-order valence-corrected chi connectivity index (χ0v) is 11.4. The predicted octanol–water partition coefficient (Wildman–Crippen LogP) is 4.88. The van der Waals surface area contributed by atoms with Gasteiger partial charge < -0.3 is 0 Å². The van der Waals surface area contributed by atoms with Gasteiger partial charge in [-0.2, -0.15) is 0 Å². The molecule has 0 radical (unpaired) electrons. The van der Waals surface area contributed by atoms with Crippen LogP contribution in [0.1, 0.15) is 27.7 Å². The van der Waals surface area contributed by atoms with Crippen LogP contribution in [0.3, 0.4) is 0 Å². The van der Waals surface area contributed by atoms with E-state index < -0.39 is 7.27 Å². The van der Waals surface area contributed by atoms with Crippen LogP contribution >= 0.6 is 50.4 Å². The fourth-order valence-electron chi connectivity index (χ4n) is 0.632. The third kappa shape index (κ3) is 3.90. The third-order valence-corrected chi connectivity index (χ3v) is 8.69. The van der Waals surface area contributed by atoms with E-state index >= 15 is 0 Å². The number of hydrogen-bond donors (Lipinski definition) is 0. The molecule has 0 unspecified atom stereocenters. The summed E-state index contributed by atoms with van der Waals surface area (Å²) in [4.78, 5) is 0. The first-order chi connectivity index (χ1) is 4.15. The number of hydrogen-bond acceptors (Lipinski definition) is 0.